The Balaban J connectivity index is 0.00000112. The number of rotatable bonds is 3. The van der Waals surface area contributed by atoms with Gasteiger partial charge in [-0.2, -0.15) is 0 Å². The van der Waals surface area contributed by atoms with Crippen molar-refractivity contribution in [3.8, 4) is 0 Å². The van der Waals surface area contributed by atoms with Gasteiger partial charge in [-0.15, -0.1) is 12.4 Å². The zero-order valence-corrected chi connectivity index (χ0v) is 9.76. The van der Waals surface area contributed by atoms with E-state index in [9.17, 15) is 4.79 Å². The molecule has 2 saturated carbocycles. The molecule has 0 amide bonds. The first-order valence-corrected chi connectivity index (χ1v) is 5.60. The van der Waals surface area contributed by atoms with Crippen LogP contribution < -0.4 is 5.73 Å². The molecule has 0 bridgehead atoms. The van der Waals surface area contributed by atoms with E-state index in [0.717, 1.165) is 12.3 Å². The Morgan fingerprint density at radius 1 is 1.40 bits per heavy atom. The minimum Gasteiger partial charge on any atom is -0.481 e. The number of fused-ring (bicyclic) bond motifs is 1. The minimum atomic E-state index is -0.681. The molecular weight excluding hydrogens is 214 g/mol. The second kappa shape index (κ2) is 4.71. The third-order valence-electron chi connectivity index (χ3n) is 4.27. The van der Waals surface area contributed by atoms with Gasteiger partial charge in [0.1, 0.15) is 0 Å². The number of carbonyl (C=O) groups is 1. The second-order valence-electron chi connectivity index (χ2n) is 4.99. The van der Waals surface area contributed by atoms with Crippen molar-refractivity contribution in [1.82, 2.24) is 0 Å². The lowest BCUT2D eigenvalue weighted by Crippen LogP contribution is -2.54. The van der Waals surface area contributed by atoms with E-state index in [1.807, 2.05) is 0 Å². The van der Waals surface area contributed by atoms with Crippen molar-refractivity contribution in [3.05, 3.63) is 0 Å². The van der Waals surface area contributed by atoms with Crippen molar-refractivity contribution < 1.29 is 9.90 Å². The molecule has 2 aliphatic rings. The SMILES string of the molecule is Cl.NC[C@]1(CC(=O)O)C[C@@H]2CCCC[C@@H]21. The first-order chi connectivity index (χ1) is 6.68. The fourth-order valence-corrected chi connectivity index (χ4v) is 3.58. The van der Waals surface area contributed by atoms with Crippen molar-refractivity contribution in [3.63, 3.8) is 0 Å². The maximum Gasteiger partial charge on any atom is 0.303 e. The number of nitrogens with two attached hydrogens (primary N) is 1. The summed E-state index contributed by atoms with van der Waals surface area (Å²) < 4.78 is 0. The molecule has 2 rings (SSSR count). The van der Waals surface area contributed by atoms with E-state index >= 15 is 0 Å². The molecule has 2 aliphatic carbocycles. The Kier molecular flexibility index (Phi) is 4.01. The lowest BCUT2D eigenvalue weighted by atomic mass is 9.48. The van der Waals surface area contributed by atoms with E-state index in [4.69, 9.17) is 10.8 Å². The van der Waals surface area contributed by atoms with Crippen LogP contribution in [0.15, 0.2) is 0 Å². The maximum absolute atomic E-state index is 10.8. The van der Waals surface area contributed by atoms with Gasteiger partial charge in [-0.05, 0) is 36.6 Å². The summed E-state index contributed by atoms with van der Waals surface area (Å²) in [4.78, 5) is 10.8. The average Bonchev–Trinajstić information content (AvgIpc) is 2.13. The van der Waals surface area contributed by atoms with Gasteiger partial charge in [0.2, 0.25) is 0 Å². The second-order valence-corrected chi connectivity index (χ2v) is 4.99. The maximum atomic E-state index is 10.8. The predicted octanol–water partition coefficient (Wildman–Crippen LogP) is 2.04. The molecular formula is C11H20ClNO2. The lowest BCUT2D eigenvalue weighted by Gasteiger charge is -2.57. The number of halogens is 1. The third kappa shape index (κ3) is 2.13. The van der Waals surface area contributed by atoms with E-state index in [1.54, 1.807) is 0 Å². The fourth-order valence-electron chi connectivity index (χ4n) is 3.58. The summed E-state index contributed by atoms with van der Waals surface area (Å²) in [7, 11) is 0. The van der Waals surface area contributed by atoms with Crippen LogP contribution in [-0.2, 0) is 4.79 Å². The van der Waals surface area contributed by atoms with E-state index in [2.05, 4.69) is 0 Å². The van der Waals surface area contributed by atoms with E-state index in [0.29, 0.717) is 12.5 Å². The highest BCUT2D eigenvalue weighted by molar-refractivity contribution is 5.85. The molecule has 0 unspecified atom stereocenters. The number of hydrogen-bond acceptors (Lipinski definition) is 2. The number of carboxylic acid groups (broad SMARTS) is 1. The number of hydrogen-bond donors (Lipinski definition) is 2. The Hall–Kier alpha value is -0.280. The summed E-state index contributed by atoms with van der Waals surface area (Å²) >= 11 is 0. The molecule has 0 saturated heterocycles. The Morgan fingerprint density at radius 3 is 2.60 bits per heavy atom. The number of carboxylic acids is 1. The van der Waals surface area contributed by atoms with Gasteiger partial charge in [-0.3, -0.25) is 4.79 Å². The monoisotopic (exact) mass is 233 g/mol. The Labute approximate surface area is 96.8 Å². The van der Waals surface area contributed by atoms with Gasteiger partial charge in [0.05, 0.1) is 6.42 Å². The van der Waals surface area contributed by atoms with Crippen molar-refractivity contribution in [2.45, 2.75) is 38.5 Å². The van der Waals surface area contributed by atoms with Gasteiger partial charge in [-0.25, -0.2) is 0 Å². The van der Waals surface area contributed by atoms with E-state index in [1.165, 1.54) is 25.7 Å². The largest absolute Gasteiger partial charge is 0.481 e. The molecule has 0 radical (unpaired) electrons. The van der Waals surface area contributed by atoms with Crippen molar-refractivity contribution in [2.75, 3.05) is 6.54 Å². The molecule has 0 aromatic heterocycles. The summed E-state index contributed by atoms with van der Waals surface area (Å²) in [5.41, 5.74) is 5.72. The normalized spacial score (nSPS) is 38.5. The molecule has 88 valence electrons. The molecule has 0 aromatic carbocycles. The van der Waals surface area contributed by atoms with Crippen molar-refractivity contribution >= 4 is 18.4 Å². The molecule has 0 aromatic rings. The van der Waals surface area contributed by atoms with Gasteiger partial charge in [0, 0.05) is 0 Å². The van der Waals surface area contributed by atoms with Gasteiger partial charge in [0.15, 0.2) is 0 Å². The zero-order chi connectivity index (χ0) is 10.2. The van der Waals surface area contributed by atoms with E-state index in [-0.39, 0.29) is 24.2 Å². The predicted molar refractivity (Wildman–Crippen MR) is 61.1 cm³/mol. The van der Waals surface area contributed by atoms with Gasteiger partial charge >= 0.3 is 5.97 Å². The third-order valence-corrected chi connectivity index (χ3v) is 4.27. The van der Waals surface area contributed by atoms with Crippen LogP contribution in [0.25, 0.3) is 0 Å². The van der Waals surface area contributed by atoms with Crippen LogP contribution in [0.1, 0.15) is 38.5 Å². The minimum absolute atomic E-state index is 0. The first kappa shape index (κ1) is 12.8. The standard InChI is InChI=1S/C11H19NO2.ClH/c12-7-11(6-10(13)14)5-8-3-1-2-4-9(8)11;/h8-9H,1-7,12H2,(H,13,14);1H/t8-,9-,11+;/m0./s1. The van der Waals surface area contributed by atoms with Gasteiger partial charge in [-0.1, -0.05) is 19.3 Å². The quantitative estimate of drug-likeness (QED) is 0.784. The summed E-state index contributed by atoms with van der Waals surface area (Å²) in [5.74, 6) is 0.712. The van der Waals surface area contributed by atoms with Crippen LogP contribution in [-0.4, -0.2) is 17.6 Å². The highest BCUT2D eigenvalue weighted by atomic mass is 35.5. The van der Waals surface area contributed by atoms with Crippen LogP contribution in [0.2, 0.25) is 0 Å². The summed E-state index contributed by atoms with van der Waals surface area (Å²) in [6.07, 6.45) is 6.43. The van der Waals surface area contributed by atoms with Crippen LogP contribution in [0.4, 0.5) is 0 Å². The van der Waals surface area contributed by atoms with Crippen molar-refractivity contribution in [2.24, 2.45) is 23.0 Å². The lowest BCUT2D eigenvalue weighted by molar-refractivity contribution is -0.148. The van der Waals surface area contributed by atoms with Crippen LogP contribution in [0, 0.1) is 17.3 Å². The summed E-state index contributed by atoms with van der Waals surface area (Å²) in [6, 6.07) is 0. The van der Waals surface area contributed by atoms with Crippen LogP contribution in [0.3, 0.4) is 0 Å². The molecule has 0 spiro atoms. The van der Waals surface area contributed by atoms with E-state index < -0.39 is 5.97 Å². The number of aliphatic carboxylic acids is 1. The molecule has 2 fully saturated rings. The zero-order valence-electron chi connectivity index (χ0n) is 8.95. The molecule has 0 aliphatic heterocycles. The Bertz CT molecular complexity index is 247. The molecule has 0 heterocycles. The van der Waals surface area contributed by atoms with Crippen LogP contribution in [0.5, 0.6) is 0 Å². The van der Waals surface area contributed by atoms with Crippen molar-refractivity contribution in [1.29, 1.82) is 0 Å². The topological polar surface area (TPSA) is 63.3 Å². The first-order valence-electron chi connectivity index (χ1n) is 5.60. The fraction of sp³-hybridized carbons (Fsp3) is 0.909. The molecule has 3 atom stereocenters. The summed E-state index contributed by atoms with van der Waals surface area (Å²) in [5, 5.41) is 8.88. The Morgan fingerprint density at radius 2 is 2.07 bits per heavy atom. The molecule has 3 N–H and O–H groups in total. The molecule has 3 nitrogen and oxygen atoms in total. The smallest absolute Gasteiger partial charge is 0.303 e. The van der Waals surface area contributed by atoms with Gasteiger partial charge < -0.3 is 10.8 Å². The van der Waals surface area contributed by atoms with Gasteiger partial charge in [0.25, 0.3) is 0 Å². The summed E-state index contributed by atoms with van der Waals surface area (Å²) in [6.45, 7) is 0.556. The average molecular weight is 234 g/mol. The highest BCUT2D eigenvalue weighted by Gasteiger charge is 2.53. The molecule has 15 heavy (non-hydrogen) atoms. The highest BCUT2D eigenvalue weighted by Crippen LogP contribution is 2.58. The van der Waals surface area contributed by atoms with Crippen LogP contribution >= 0.6 is 12.4 Å². The molecule has 4 heteroatoms.